The number of carbonyl (C=O) groups excluding carboxylic acids is 2. The van der Waals surface area contributed by atoms with Crippen LogP contribution in [-0.2, 0) is 9.59 Å². The summed E-state index contributed by atoms with van der Waals surface area (Å²) in [6.07, 6.45) is 9.66. The van der Waals surface area contributed by atoms with Crippen molar-refractivity contribution in [3.63, 3.8) is 0 Å². The average molecular weight is 404 g/mol. The van der Waals surface area contributed by atoms with Gasteiger partial charge in [0.25, 0.3) is 0 Å². The van der Waals surface area contributed by atoms with Crippen LogP contribution in [0.2, 0.25) is 0 Å². The summed E-state index contributed by atoms with van der Waals surface area (Å²) in [5.74, 6) is 3.75. The highest BCUT2D eigenvalue weighted by molar-refractivity contribution is 5.83. The molecule has 29 heavy (non-hydrogen) atoms. The maximum atomic E-state index is 13.2. The number of hydrogen-bond donors (Lipinski definition) is 2. The Bertz CT molecular complexity index is 662. The van der Waals surface area contributed by atoms with Crippen molar-refractivity contribution in [3.8, 4) is 0 Å². The second-order valence-electron chi connectivity index (χ2n) is 11.5. The number of aliphatic hydroxyl groups excluding tert-OH is 1. The second-order valence-corrected chi connectivity index (χ2v) is 11.5. The van der Waals surface area contributed by atoms with Gasteiger partial charge in [-0.05, 0) is 91.8 Å². The van der Waals surface area contributed by atoms with Crippen molar-refractivity contribution >= 4 is 11.7 Å². The van der Waals surface area contributed by atoms with Crippen molar-refractivity contribution in [1.82, 2.24) is 5.32 Å². The summed E-state index contributed by atoms with van der Waals surface area (Å²) in [5, 5.41) is 12.9. The topological polar surface area (TPSA) is 66.4 Å². The lowest BCUT2D eigenvalue weighted by Crippen LogP contribution is -2.57. The molecule has 0 radical (unpaired) electrons. The van der Waals surface area contributed by atoms with Crippen LogP contribution < -0.4 is 5.32 Å². The third kappa shape index (κ3) is 3.38. The summed E-state index contributed by atoms with van der Waals surface area (Å²) in [4.78, 5) is 24.9. The summed E-state index contributed by atoms with van der Waals surface area (Å²) < 4.78 is 0. The van der Waals surface area contributed by atoms with E-state index in [1.165, 1.54) is 25.7 Å². The number of Topliss-reactive ketones (excluding diaryl/α,β-unsaturated/α-hetero) is 1. The highest BCUT2D eigenvalue weighted by Gasteiger charge is 2.62. The molecule has 0 heterocycles. The lowest BCUT2D eigenvalue weighted by atomic mass is 9.44. The van der Waals surface area contributed by atoms with Gasteiger partial charge in [-0.2, -0.15) is 0 Å². The fraction of sp³-hybridized carbons (Fsp3) is 0.920. The lowest BCUT2D eigenvalue weighted by molar-refractivity contribution is -0.160. The molecule has 4 nitrogen and oxygen atoms in total. The molecule has 4 heteroatoms. The Hall–Kier alpha value is -0.900. The number of amides is 1. The van der Waals surface area contributed by atoms with Crippen LogP contribution in [0, 0.1) is 46.3 Å². The standard InChI is InChI=1S/C25H41NO3/c1-15(5-8-23(29)26-4)18-6-7-19-17-14-22(28)21-13-16(27)9-11-25(21,3)20(17)10-12-24(18,19)2/h15-21,27H,5-14H2,1-4H3,(H,26,29)/t15-,16-,17+,18-,19+,20+,21+,24-,25-/m0/s1. The molecule has 2 N–H and O–H groups in total. The van der Waals surface area contributed by atoms with Crippen LogP contribution in [0.15, 0.2) is 0 Å². The zero-order valence-corrected chi connectivity index (χ0v) is 18.9. The zero-order valence-electron chi connectivity index (χ0n) is 18.9. The number of fused-ring (bicyclic) bond motifs is 5. The van der Waals surface area contributed by atoms with Crippen LogP contribution >= 0.6 is 0 Å². The van der Waals surface area contributed by atoms with Crippen molar-refractivity contribution in [2.24, 2.45) is 46.3 Å². The molecule has 0 spiro atoms. The molecule has 4 aliphatic rings. The summed E-state index contributed by atoms with van der Waals surface area (Å²) in [6, 6.07) is 0. The maximum Gasteiger partial charge on any atom is 0.219 e. The number of aliphatic hydroxyl groups is 1. The van der Waals surface area contributed by atoms with Crippen LogP contribution in [-0.4, -0.2) is 29.9 Å². The smallest absolute Gasteiger partial charge is 0.219 e. The first-order chi connectivity index (χ1) is 13.7. The van der Waals surface area contributed by atoms with Crippen molar-refractivity contribution in [3.05, 3.63) is 0 Å². The van der Waals surface area contributed by atoms with Gasteiger partial charge >= 0.3 is 0 Å². The van der Waals surface area contributed by atoms with E-state index >= 15 is 0 Å². The molecule has 0 aromatic heterocycles. The SMILES string of the molecule is CNC(=O)CC[C@H](C)[C@@H]1CC[C@@H]2[C@H]3CC(=O)[C@H]4C[C@@H](O)CC[C@@]4(C)[C@@H]3CC[C@]21C. The predicted molar refractivity (Wildman–Crippen MR) is 114 cm³/mol. The number of nitrogens with one attached hydrogen (secondary N) is 1. The Morgan fingerprint density at radius 1 is 1.14 bits per heavy atom. The van der Waals surface area contributed by atoms with Gasteiger partial charge in [-0.3, -0.25) is 9.59 Å². The largest absolute Gasteiger partial charge is 0.393 e. The molecule has 0 aliphatic heterocycles. The molecule has 4 rings (SSSR count). The Labute approximate surface area is 176 Å². The summed E-state index contributed by atoms with van der Waals surface area (Å²) in [7, 11) is 1.72. The molecule has 164 valence electrons. The molecule has 4 fully saturated rings. The van der Waals surface area contributed by atoms with Crippen LogP contribution in [0.1, 0.15) is 85.0 Å². The fourth-order valence-electron chi connectivity index (χ4n) is 8.68. The van der Waals surface area contributed by atoms with Gasteiger partial charge < -0.3 is 10.4 Å². The van der Waals surface area contributed by atoms with Crippen molar-refractivity contribution in [1.29, 1.82) is 0 Å². The molecular formula is C25H41NO3. The van der Waals surface area contributed by atoms with Crippen LogP contribution in [0.5, 0.6) is 0 Å². The molecule has 0 bridgehead atoms. The second kappa shape index (κ2) is 7.66. The molecular weight excluding hydrogens is 362 g/mol. The molecule has 0 aromatic rings. The third-order valence-electron chi connectivity index (χ3n) is 10.3. The van der Waals surface area contributed by atoms with Crippen LogP contribution in [0.4, 0.5) is 0 Å². The van der Waals surface area contributed by atoms with E-state index in [0.29, 0.717) is 53.6 Å². The minimum atomic E-state index is -0.278. The molecule has 1 amide bonds. The van der Waals surface area contributed by atoms with Gasteiger partial charge in [-0.1, -0.05) is 20.8 Å². The van der Waals surface area contributed by atoms with Crippen LogP contribution in [0.25, 0.3) is 0 Å². The van der Waals surface area contributed by atoms with Gasteiger partial charge in [-0.15, -0.1) is 0 Å². The van der Waals surface area contributed by atoms with E-state index in [4.69, 9.17) is 0 Å². The first-order valence-corrected chi connectivity index (χ1v) is 12.1. The Morgan fingerprint density at radius 2 is 1.83 bits per heavy atom. The van der Waals surface area contributed by atoms with Gasteiger partial charge in [-0.25, -0.2) is 0 Å². The van der Waals surface area contributed by atoms with Gasteiger partial charge in [0.05, 0.1) is 6.10 Å². The Kier molecular flexibility index (Phi) is 5.63. The molecule has 4 aliphatic carbocycles. The lowest BCUT2D eigenvalue weighted by Gasteiger charge is -2.60. The first-order valence-electron chi connectivity index (χ1n) is 12.1. The highest BCUT2D eigenvalue weighted by atomic mass is 16.3. The average Bonchev–Trinajstić information content (AvgIpc) is 3.05. The zero-order chi connectivity index (χ0) is 21.0. The monoisotopic (exact) mass is 403 g/mol. The molecule has 0 aromatic carbocycles. The number of ketones is 1. The van der Waals surface area contributed by atoms with Gasteiger partial charge in [0.15, 0.2) is 0 Å². The third-order valence-corrected chi connectivity index (χ3v) is 10.3. The van der Waals surface area contributed by atoms with E-state index in [1.54, 1.807) is 7.05 Å². The Morgan fingerprint density at radius 3 is 2.55 bits per heavy atom. The fourth-order valence-corrected chi connectivity index (χ4v) is 8.68. The first kappa shape index (κ1) is 21.3. The van der Waals surface area contributed by atoms with Crippen LogP contribution in [0.3, 0.4) is 0 Å². The Balaban J connectivity index is 1.52. The van der Waals surface area contributed by atoms with E-state index < -0.39 is 0 Å². The number of carbonyl (C=O) groups is 2. The number of rotatable bonds is 4. The minimum absolute atomic E-state index is 0.0838. The predicted octanol–water partition coefficient (Wildman–Crippen LogP) is 4.35. The van der Waals surface area contributed by atoms with Gasteiger partial charge in [0.2, 0.25) is 5.91 Å². The molecule has 4 saturated carbocycles. The van der Waals surface area contributed by atoms with E-state index in [0.717, 1.165) is 25.7 Å². The van der Waals surface area contributed by atoms with E-state index in [9.17, 15) is 14.7 Å². The summed E-state index contributed by atoms with van der Waals surface area (Å²) >= 11 is 0. The van der Waals surface area contributed by atoms with E-state index in [-0.39, 0.29) is 23.3 Å². The highest BCUT2D eigenvalue weighted by Crippen LogP contribution is 2.67. The molecule has 0 unspecified atom stereocenters. The van der Waals surface area contributed by atoms with Crippen molar-refractivity contribution in [2.75, 3.05) is 7.05 Å². The molecule has 0 saturated heterocycles. The minimum Gasteiger partial charge on any atom is -0.393 e. The van der Waals surface area contributed by atoms with Crippen molar-refractivity contribution in [2.45, 2.75) is 91.1 Å². The summed E-state index contributed by atoms with van der Waals surface area (Å²) in [6.45, 7) is 7.23. The van der Waals surface area contributed by atoms with Gasteiger partial charge in [0.1, 0.15) is 5.78 Å². The normalized spacial score (nSPS) is 47.7. The van der Waals surface area contributed by atoms with Gasteiger partial charge in [0, 0.05) is 25.8 Å². The number of hydrogen-bond acceptors (Lipinski definition) is 3. The summed E-state index contributed by atoms with van der Waals surface area (Å²) in [5.41, 5.74) is 0.421. The van der Waals surface area contributed by atoms with Crippen molar-refractivity contribution < 1.29 is 14.7 Å². The van der Waals surface area contributed by atoms with E-state index in [1.807, 2.05) is 0 Å². The molecule has 9 atom stereocenters. The van der Waals surface area contributed by atoms with E-state index in [2.05, 4.69) is 26.1 Å². The maximum absolute atomic E-state index is 13.2. The quantitative estimate of drug-likeness (QED) is 0.733.